The van der Waals surface area contributed by atoms with Crippen LogP contribution in [-0.2, 0) is 18.3 Å². The van der Waals surface area contributed by atoms with E-state index in [4.69, 9.17) is 19.5 Å². The van der Waals surface area contributed by atoms with E-state index in [1.807, 2.05) is 0 Å². The molecule has 118 valence electrons. The highest BCUT2D eigenvalue weighted by molar-refractivity contribution is 7.47. The predicted molar refractivity (Wildman–Crippen MR) is 70.3 cm³/mol. The van der Waals surface area contributed by atoms with Gasteiger partial charge in [0.05, 0.1) is 12.9 Å². The summed E-state index contributed by atoms with van der Waals surface area (Å²) < 4.78 is 28.8. The lowest BCUT2D eigenvalue weighted by Crippen LogP contribution is -2.30. The van der Waals surface area contributed by atoms with Crippen molar-refractivity contribution in [1.82, 2.24) is 19.5 Å². The van der Waals surface area contributed by atoms with Gasteiger partial charge in [-0.15, -0.1) is 0 Å². The van der Waals surface area contributed by atoms with Crippen LogP contribution in [0, 0.1) is 0 Å². The summed E-state index contributed by atoms with van der Waals surface area (Å²) in [7, 11) is -4.16. The average Bonchev–Trinajstić information content (AvgIpc) is 3.10. The maximum absolute atomic E-state index is 11.6. The summed E-state index contributed by atoms with van der Waals surface area (Å²) in [6.45, 7) is -0.384. The summed E-state index contributed by atoms with van der Waals surface area (Å²) in [5.41, 5.74) is 6.49. The summed E-state index contributed by atoms with van der Waals surface area (Å²) in [6.07, 6.45) is -0.668. The van der Waals surface area contributed by atoms with E-state index >= 15 is 0 Å². The number of nitrogens with zero attached hydrogens (tertiary/aromatic N) is 4. The molecular formula is C10H12N5O6P. The number of nitrogen functional groups attached to an aromatic ring is 1. The molecule has 5 atom stereocenters. The Bertz CT molecular complexity index is 782. The van der Waals surface area contributed by atoms with Crippen LogP contribution in [0.2, 0.25) is 0 Å². The number of imidazole rings is 1. The van der Waals surface area contributed by atoms with Crippen LogP contribution in [0.5, 0.6) is 0 Å². The number of ether oxygens (including phenoxy) is 1. The molecule has 2 aliphatic heterocycles. The fourth-order valence-electron chi connectivity index (χ4n) is 2.71. The van der Waals surface area contributed by atoms with Crippen molar-refractivity contribution < 1.29 is 28.3 Å². The first-order valence-electron chi connectivity index (χ1n) is 6.39. The van der Waals surface area contributed by atoms with Gasteiger partial charge in [-0.3, -0.25) is 13.6 Å². The van der Waals surface area contributed by atoms with Gasteiger partial charge in [-0.25, -0.2) is 19.5 Å². The molecule has 11 nitrogen and oxygen atoms in total. The fourth-order valence-corrected chi connectivity index (χ4v) is 3.85. The lowest BCUT2D eigenvalue weighted by molar-refractivity contribution is -0.0589. The second-order valence-electron chi connectivity index (χ2n) is 4.94. The molecule has 2 aromatic rings. The Balaban J connectivity index is 1.78. The minimum absolute atomic E-state index is 0.202. The van der Waals surface area contributed by atoms with Gasteiger partial charge in [-0.1, -0.05) is 0 Å². The molecule has 0 aliphatic carbocycles. The van der Waals surface area contributed by atoms with Gasteiger partial charge in [0.1, 0.15) is 30.2 Å². The molecular weight excluding hydrogens is 317 g/mol. The Labute approximate surface area is 123 Å². The molecule has 4 heterocycles. The first kappa shape index (κ1) is 14.0. The van der Waals surface area contributed by atoms with Gasteiger partial charge in [0, 0.05) is 0 Å². The Morgan fingerprint density at radius 3 is 2.86 bits per heavy atom. The number of phosphoric acid groups is 1. The van der Waals surface area contributed by atoms with Crippen molar-refractivity contribution in [1.29, 1.82) is 0 Å². The Morgan fingerprint density at radius 1 is 1.32 bits per heavy atom. The molecule has 4 rings (SSSR count). The molecule has 0 amide bonds. The van der Waals surface area contributed by atoms with Crippen molar-refractivity contribution in [2.24, 2.45) is 0 Å². The van der Waals surface area contributed by atoms with Gasteiger partial charge in [0.25, 0.3) is 0 Å². The molecule has 0 spiro atoms. The molecule has 2 fully saturated rings. The SMILES string of the molecule is Nc1ncnc2c1ncn2[C@@H]1O[C@H](CO)[C@@H]2OP(=O)(O)O[C@H]21. The zero-order valence-electron chi connectivity index (χ0n) is 11.0. The first-order valence-corrected chi connectivity index (χ1v) is 7.88. The van der Waals surface area contributed by atoms with Crippen LogP contribution in [0.3, 0.4) is 0 Å². The molecule has 12 heteroatoms. The van der Waals surface area contributed by atoms with Gasteiger partial charge in [0.2, 0.25) is 0 Å². The highest BCUT2D eigenvalue weighted by Gasteiger charge is 2.57. The normalized spacial score (nSPS) is 37.7. The molecule has 2 aliphatic rings. The van der Waals surface area contributed by atoms with Crippen LogP contribution >= 0.6 is 7.82 Å². The van der Waals surface area contributed by atoms with Gasteiger partial charge < -0.3 is 20.5 Å². The number of aliphatic hydroxyl groups excluding tert-OH is 1. The second kappa shape index (κ2) is 4.69. The zero-order chi connectivity index (χ0) is 15.5. The quantitative estimate of drug-likeness (QED) is 0.595. The summed E-state index contributed by atoms with van der Waals surface area (Å²) in [6, 6.07) is 0. The van der Waals surface area contributed by atoms with E-state index in [1.54, 1.807) is 0 Å². The van der Waals surface area contributed by atoms with Gasteiger partial charge in [-0.2, -0.15) is 0 Å². The van der Waals surface area contributed by atoms with Gasteiger partial charge >= 0.3 is 7.82 Å². The number of aromatic nitrogens is 4. The number of phosphoric ester groups is 1. The highest BCUT2D eigenvalue weighted by atomic mass is 31.2. The molecule has 4 N–H and O–H groups in total. The van der Waals surface area contributed by atoms with Crippen LogP contribution in [0.25, 0.3) is 11.2 Å². The highest BCUT2D eigenvalue weighted by Crippen LogP contribution is 2.58. The summed E-state index contributed by atoms with van der Waals surface area (Å²) in [5, 5.41) is 9.35. The number of hydrogen-bond donors (Lipinski definition) is 3. The Kier molecular flexibility index (Phi) is 2.98. The number of rotatable bonds is 2. The van der Waals surface area contributed by atoms with Crippen molar-refractivity contribution in [2.75, 3.05) is 12.3 Å². The summed E-state index contributed by atoms with van der Waals surface area (Å²) in [5.74, 6) is 0.202. The molecule has 0 aromatic carbocycles. The molecule has 0 bridgehead atoms. The van der Waals surface area contributed by atoms with Crippen molar-refractivity contribution >= 4 is 24.8 Å². The number of fused-ring (bicyclic) bond motifs is 2. The van der Waals surface area contributed by atoms with E-state index in [9.17, 15) is 14.6 Å². The minimum atomic E-state index is -4.16. The molecule has 22 heavy (non-hydrogen) atoms. The second-order valence-corrected chi connectivity index (χ2v) is 6.30. The zero-order valence-corrected chi connectivity index (χ0v) is 11.9. The monoisotopic (exact) mass is 329 g/mol. The fraction of sp³-hybridized carbons (Fsp3) is 0.500. The lowest BCUT2D eigenvalue weighted by Gasteiger charge is -2.18. The van der Waals surface area contributed by atoms with Crippen molar-refractivity contribution in [2.45, 2.75) is 24.5 Å². The summed E-state index contributed by atoms with van der Waals surface area (Å²) in [4.78, 5) is 21.5. The van der Waals surface area contributed by atoms with Gasteiger partial charge in [0.15, 0.2) is 17.7 Å². The van der Waals surface area contributed by atoms with Crippen LogP contribution in [-0.4, -0.2) is 54.4 Å². The average molecular weight is 329 g/mol. The van der Waals surface area contributed by atoms with Gasteiger partial charge in [-0.05, 0) is 0 Å². The van der Waals surface area contributed by atoms with Crippen LogP contribution in [0.1, 0.15) is 6.23 Å². The first-order chi connectivity index (χ1) is 10.5. The molecule has 0 saturated carbocycles. The number of nitrogens with two attached hydrogens (primary N) is 1. The van der Waals surface area contributed by atoms with Crippen LogP contribution in [0.4, 0.5) is 5.82 Å². The minimum Gasteiger partial charge on any atom is -0.394 e. The van der Waals surface area contributed by atoms with E-state index in [-0.39, 0.29) is 12.4 Å². The number of hydrogen-bond acceptors (Lipinski definition) is 9. The van der Waals surface area contributed by atoms with Crippen molar-refractivity contribution in [3.05, 3.63) is 12.7 Å². The maximum Gasteiger partial charge on any atom is 0.473 e. The third kappa shape index (κ3) is 1.95. The molecule has 2 aromatic heterocycles. The molecule has 0 radical (unpaired) electrons. The predicted octanol–water partition coefficient (Wildman–Crippen LogP) is -0.817. The number of anilines is 1. The van der Waals surface area contributed by atoms with E-state index in [0.29, 0.717) is 11.2 Å². The molecule has 1 unspecified atom stereocenters. The van der Waals surface area contributed by atoms with Crippen LogP contribution in [0.15, 0.2) is 12.7 Å². The lowest BCUT2D eigenvalue weighted by atomic mass is 10.1. The van der Waals surface area contributed by atoms with Crippen molar-refractivity contribution in [3.63, 3.8) is 0 Å². The van der Waals surface area contributed by atoms with E-state index in [1.165, 1.54) is 17.2 Å². The van der Waals surface area contributed by atoms with Crippen LogP contribution < -0.4 is 5.73 Å². The summed E-state index contributed by atoms with van der Waals surface area (Å²) >= 11 is 0. The van der Waals surface area contributed by atoms with Crippen molar-refractivity contribution in [3.8, 4) is 0 Å². The standard InChI is InChI=1S/C10H12N5O6P/c11-8-5-9(13-2-12-8)15(3-14-5)10-7-6(4(1-16)19-10)20-22(17,18)21-7/h2-4,6-7,10,16H,1H2,(H,17,18)(H2,11,12,13)/t4-,6+,7-,10-/m1/s1. The third-order valence-corrected chi connectivity index (χ3v) is 4.66. The third-order valence-electron chi connectivity index (χ3n) is 3.64. The smallest absolute Gasteiger partial charge is 0.394 e. The Morgan fingerprint density at radius 2 is 2.09 bits per heavy atom. The maximum atomic E-state index is 11.6. The van der Waals surface area contributed by atoms with E-state index in [0.717, 1.165) is 0 Å². The number of aliphatic hydroxyl groups is 1. The molecule has 2 saturated heterocycles. The van der Waals surface area contributed by atoms with E-state index < -0.39 is 32.4 Å². The van der Waals surface area contributed by atoms with E-state index in [2.05, 4.69) is 15.0 Å². The largest absolute Gasteiger partial charge is 0.473 e. The topological polar surface area (TPSA) is 155 Å². The Hall–Kier alpha value is -1.62.